The van der Waals surface area contributed by atoms with Gasteiger partial charge in [-0.2, -0.15) is 0 Å². The molecule has 2 aliphatic rings. The van der Waals surface area contributed by atoms with Gasteiger partial charge in [-0.1, -0.05) is 30.3 Å². The predicted octanol–water partition coefficient (Wildman–Crippen LogP) is 3.91. The van der Waals surface area contributed by atoms with Crippen molar-refractivity contribution < 1.29 is 0 Å². The van der Waals surface area contributed by atoms with Crippen molar-refractivity contribution in [2.24, 2.45) is 4.99 Å². The smallest absolute Gasteiger partial charge is 0.191 e. The van der Waals surface area contributed by atoms with Crippen LogP contribution in [0.3, 0.4) is 0 Å². The van der Waals surface area contributed by atoms with Crippen LogP contribution in [0.25, 0.3) is 0 Å². The number of guanidine groups is 1. The van der Waals surface area contributed by atoms with E-state index in [4.69, 9.17) is 0 Å². The second-order valence-corrected chi connectivity index (χ2v) is 8.41. The topological polar surface area (TPSA) is 52.6 Å². The van der Waals surface area contributed by atoms with Gasteiger partial charge in [0.15, 0.2) is 5.96 Å². The summed E-state index contributed by atoms with van der Waals surface area (Å²) in [6.07, 6.45) is 9.83. The molecule has 0 radical (unpaired) electrons. The van der Waals surface area contributed by atoms with Crippen molar-refractivity contribution in [3.63, 3.8) is 0 Å². The third-order valence-corrected chi connectivity index (χ3v) is 6.48. The largest absolute Gasteiger partial charge is 0.356 e. The average Bonchev–Trinajstić information content (AvgIpc) is 2.97. The fourth-order valence-electron chi connectivity index (χ4n) is 4.93. The number of nitrogens with zero attached hydrogens (tertiary/aromatic N) is 3. The van der Waals surface area contributed by atoms with Crippen LogP contribution in [0.4, 0.5) is 0 Å². The van der Waals surface area contributed by atoms with Crippen molar-refractivity contribution in [1.29, 1.82) is 0 Å². The van der Waals surface area contributed by atoms with E-state index in [9.17, 15) is 0 Å². The standard InChI is InChI=1S/C24H33N5.HI/c1-18-16-26-12-10-20(18)11-13-27-24(25-2)28-21-14-22-8-9-23(15-21)29(22)17-19-6-4-3-5-7-19;/h3-7,10,12,16,21-23H,8-9,11,13-15,17H2,1-2H3,(H2,25,27,28);1H. The highest BCUT2D eigenvalue weighted by Gasteiger charge is 2.40. The van der Waals surface area contributed by atoms with E-state index >= 15 is 0 Å². The molecule has 162 valence electrons. The highest BCUT2D eigenvalue weighted by molar-refractivity contribution is 14.0. The minimum atomic E-state index is 0. The number of piperidine rings is 1. The molecule has 6 heteroatoms. The van der Waals surface area contributed by atoms with Crippen molar-refractivity contribution in [2.45, 2.75) is 63.7 Å². The molecule has 1 aromatic carbocycles. The summed E-state index contributed by atoms with van der Waals surface area (Å²) in [4.78, 5) is 11.4. The molecule has 2 saturated heterocycles. The summed E-state index contributed by atoms with van der Waals surface area (Å²) in [6.45, 7) is 4.08. The number of hydrogen-bond acceptors (Lipinski definition) is 3. The zero-order valence-corrected chi connectivity index (χ0v) is 20.4. The lowest BCUT2D eigenvalue weighted by Crippen LogP contribution is -2.52. The summed E-state index contributed by atoms with van der Waals surface area (Å²) in [6, 6.07) is 14.9. The normalized spacial score (nSPS) is 23.7. The van der Waals surface area contributed by atoms with Gasteiger partial charge in [-0.3, -0.25) is 14.9 Å². The van der Waals surface area contributed by atoms with Crippen molar-refractivity contribution in [1.82, 2.24) is 20.5 Å². The van der Waals surface area contributed by atoms with Crippen molar-refractivity contribution >= 4 is 29.9 Å². The summed E-state index contributed by atoms with van der Waals surface area (Å²) >= 11 is 0. The van der Waals surface area contributed by atoms with E-state index < -0.39 is 0 Å². The first-order valence-electron chi connectivity index (χ1n) is 10.9. The highest BCUT2D eigenvalue weighted by atomic mass is 127. The van der Waals surface area contributed by atoms with Crippen LogP contribution in [0.15, 0.2) is 53.8 Å². The molecule has 2 unspecified atom stereocenters. The van der Waals surface area contributed by atoms with Gasteiger partial charge >= 0.3 is 0 Å². The van der Waals surface area contributed by atoms with Gasteiger partial charge in [-0.25, -0.2) is 0 Å². The molecular weight excluding hydrogens is 485 g/mol. The summed E-state index contributed by atoms with van der Waals surface area (Å²) in [5.41, 5.74) is 4.02. The molecule has 2 N–H and O–H groups in total. The third-order valence-electron chi connectivity index (χ3n) is 6.48. The van der Waals surface area contributed by atoms with Crippen LogP contribution in [-0.2, 0) is 13.0 Å². The quantitative estimate of drug-likeness (QED) is 0.345. The molecular formula is C24H34IN5. The van der Waals surface area contributed by atoms with Gasteiger partial charge in [0, 0.05) is 50.7 Å². The number of benzene rings is 1. The van der Waals surface area contributed by atoms with Gasteiger partial charge in [-0.05, 0) is 61.8 Å². The maximum absolute atomic E-state index is 4.46. The monoisotopic (exact) mass is 519 g/mol. The minimum Gasteiger partial charge on any atom is -0.356 e. The molecule has 0 spiro atoms. The van der Waals surface area contributed by atoms with Gasteiger partial charge in [-0.15, -0.1) is 24.0 Å². The number of rotatable bonds is 6. The van der Waals surface area contributed by atoms with Crippen molar-refractivity contribution in [3.8, 4) is 0 Å². The molecule has 0 amide bonds. The number of nitrogens with one attached hydrogen (secondary N) is 2. The van der Waals surface area contributed by atoms with E-state index in [1.807, 2.05) is 19.4 Å². The molecule has 0 aliphatic carbocycles. The van der Waals surface area contributed by atoms with Crippen molar-refractivity contribution in [3.05, 3.63) is 65.5 Å². The minimum absolute atomic E-state index is 0. The first-order valence-corrected chi connectivity index (χ1v) is 10.9. The lowest BCUT2D eigenvalue weighted by atomic mass is 9.96. The van der Waals surface area contributed by atoms with Crippen LogP contribution >= 0.6 is 24.0 Å². The van der Waals surface area contributed by atoms with Gasteiger partial charge in [0.25, 0.3) is 0 Å². The molecule has 30 heavy (non-hydrogen) atoms. The zero-order chi connectivity index (χ0) is 20.1. The Balaban J connectivity index is 0.00000256. The van der Waals surface area contributed by atoms with Gasteiger partial charge < -0.3 is 10.6 Å². The van der Waals surface area contributed by atoms with Crippen LogP contribution in [0.5, 0.6) is 0 Å². The van der Waals surface area contributed by atoms with Gasteiger partial charge in [0.05, 0.1) is 0 Å². The lowest BCUT2D eigenvalue weighted by molar-refractivity contribution is 0.114. The number of hydrogen-bond donors (Lipinski definition) is 2. The van der Waals surface area contributed by atoms with Crippen molar-refractivity contribution in [2.75, 3.05) is 13.6 Å². The molecule has 1 aromatic heterocycles. The molecule has 5 nitrogen and oxygen atoms in total. The first-order chi connectivity index (χ1) is 14.2. The zero-order valence-electron chi connectivity index (χ0n) is 18.1. The molecule has 3 heterocycles. The Morgan fingerprint density at radius 2 is 1.87 bits per heavy atom. The summed E-state index contributed by atoms with van der Waals surface area (Å²) < 4.78 is 0. The van der Waals surface area contributed by atoms with E-state index in [0.29, 0.717) is 18.1 Å². The average molecular weight is 519 g/mol. The number of aliphatic imine (C=N–C) groups is 1. The first kappa shape index (κ1) is 23.0. The molecule has 2 atom stereocenters. The van der Waals surface area contributed by atoms with Crippen LogP contribution in [-0.4, -0.2) is 47.6 Å². The van der Waals surface area contributed by atoms with E-state index in [1.54, 1.807) is 0 Å². The predicted molar refractivity (Wildman–Crippen MR) is 134 cm³/mol. The second kappa shape index (κ2) is 11.1. The maximum Gasteiger partial charge on any atom is 0.191 e. The van der Waals surface area contributed by atoms with E-state index in [2.05, 4.69) is 68.8 Å². The Kier molecular flexibility index (Phi) is 8.50. The fraction of sp³-hybridized carbons (Fsp3) is 0.500. The van der Waals surface area contributed by atoms with Gasteiger partial charge in [0.2, 0.25) is 0 Å². The maximum atomic E-state index is 4.46. The highest BCUT2D eigenvalue weighted by Crippen LogP contribution is 2.36. The SMILES string of the molecule is CN=C(NCCc1ccncc1C)NC1CC2CCC(C1)N2Cc1ccccc1.I. The number of fused-ring (bicyclic) bond motifs is 2. The Labute approximate surface area is 197 Å². The van der Waals surface area contributed by atoms with Gasteiger partial charge in [0.1, 0.15) is 0 Å². The molecule has 4 rings (SSSR count). The summed E-state index contributed by atoms with van der Waals surface area (Å²) in [5, 5.41) is 7.19. The fourth-order valence-corrected chi connectivity index (χ4v) is 4.93. The Morgan fingerprint density at radius 1 is 1.13 bits per heavy atom. The van der Waals surface area contributed by atoms with Crippen LogP contribution in [0.2, 0.25) is 0 Å². The lowest BCUT2D eigenvalue weighted by Gasteiger charge is -2.39. The Morgan fingerprint density at radius 3 is 2.53 bits per heavy atom. The van der Waals surface area contributed by atoms with E-state index in [-0.39, 0.29) is 24.0 Å². The van der Waals surface area contributed by atoms with E-state index in [0.717, 1.165) is 25.5 Å². The number of halogens is 1. The number of pyridine rings is 1. The van der Waals surface area contributed by atoms with Crippen LogP contribution < -0.4 is 10.6 Å². The molecule has 2 aromatic rings. The second-order valence-electron chi connectivity index (χ2n) is 8.41. The third kappa shape index (κ3) is 5.72. The molecule has 0 saturated carbocycles. The van der Waals surface area contributed by atoms with Crippen LogP contribution in [0, 0.1) is 6.92 Å². The number of aryl methyl sites for hydroxylation is 1. The summed E-state index contributed by atoms with van der Waals surface area (Å²) in [7, 11) is 1.87. The Bertz CT molecular complexity index is 811. The van der Waals surface area contributed by atoms with Crippen LogP contribution in [0.1, 0.15) is 42.4 Å². The Hall–Kier alpha value is -1.67. The number of aromatic nitrogens is 1. The molecule has 2 fully saturated rings. The van der Waals surface area contributed by atoms with E-state index in [1.165, 1.54) is 42.4 Å². The molecule has 2 bridgehead atoms. The summed E-state index contributed by atoms with van der Waals surface area (Å²) in [5.74, 6) is 0.928. The molecule has 2 aliphatic heterocycles.